The van der Waals surface area contributed by atoms with Crippen molar-refractivity contribution in [1.82, 2.24) is 15.5 Å². The summed E-state index contributed by atoms with van der Waals surface area (Å²) in [5, 5.41) is 6.43. The van der Waals surface area contributed by atoms with Crippen LogP contribution in [0, 0.1) is 5.82 Å². The van der Waals surface area contributed by atoms with Crippen molar-refractivity contribution in [3.05, 3.63) is 34.1 Å². The summed E-state index contributed by atoms with van der Waals surface area (Å²) in [5.74, 6) is 0.491. The molecule has 0 aliphatic carbocycles. The van der Waals surface area contributed by atoms with E-state index in [1.807, 2.05) is 6.07 Å². The maximum atomic E-state index is 13.8. The number of hydrogen-bond donors (Lipinski definition) is 2. The van der Waals surface area contributed by atoms with Crippen LogP contribution >= 0.6 is 15.9 Å². The second-order valence-corrected chi connectivity index (χ2v) is 6.41. The van der Waals surface area contributed by atoms with Crippen molar-refractivity contribution >= 4 is 21.9 Å². The van der Waals surface area contributed by atoms with Crippen LogP contribution in [0.4, 0.5) is 4.39 Å². The van der Waals surface area contributed by atoms with Crippen molar-refractivity contribution in [3.63, 3.8) is 0 Å². The molecule has 1 aliphatic heterocycles. The molecule has 0 bridgehead atoms. The standard InChI is InChI=1S/C16H24BrFN4/c1-19-16(20-7-10-22-8-3-2-4-9-22)21-12-13-5-6-14(17)11-15(13)18/h5-6,11H,2-4,7-10,12H2,1H3,(H2,19,20,21). The zero-order valence-electron chi connectivity index (χ0n) is 13.0. The van der Waals surface area contributed by atoms with Crippen LogP contribution in [0.1, 0.15) is 24.8 Å². The Morgan fingerprint density at radius 3 is 2.73 bits per heavy atom. The Kier molecular flexibility index (Phi) is 7.12. The molecule has 0 spiro atoms. The minimum absolute atomic E-state index is 0.217. The molecular weight excluding hydrogens is 347 g/mol. The van der Waals surface area contributed by atoms with E-state index in [9.17, 15) is 4.39 Å². The van der Waals surface area contributed by atoms with Gasteiger partial charge < -0.3 is 15.5 Å². The summed E-state index contributed by atoms with van der Waals surface area (Å²) in [5.41, 5.74) is 0.627. The first kappa shape index (κ1) is 17.2. The average Bonchev–Trinajstić information content (AvgIpc) is 2.53. The van der Waals surface area contributed by atoms with Gasteiger partial charge in [0.15, 0.2) is 5.96 Å². The number of benzene rings is 1. The van der Waals surface area contributed by atoms with Crippen molar-refractivity contribution in [2.75, 3.05) is 33.2 Å². The highest BCUT2D eigenvalue weighted by molar-refractivity contribution is 9.10. The van der Waals surface area contributed by atoms with E-state index < -0.39 is 0 Å². The first-order chi connectivity index (χ1) is 10.7. The number of guanidine groups is 1. The topological polar surface area (TPSA) is 39.7 Å². The summed E-state index contributed by atoms with van der Waals surface area (Å²) in [6.45, 7) is 4.67. The highest BCUT2D eigenvalue weighted by atomic mass is 79.9. The number of piperidine rings is 1. The molecule has 122 valence electrons. The Hall–Kier alpha value is -1.14. The zero-order valence-corrected chi connectivity index (χ0v) is 14.6. The fourth-order valence-electron chi connectivity index (χ4n) is 2.58. The number of halogens is 2. The van der Waals surface area contributed by atoms with Gasteiger partial charge in [0.1, 0.15) is 5.82 Å². The summed E-state index contributed by atoms with van der Waals surface area (Å²) < 4.78 is 14.5. The van der Waals surface area contributed by atoms with Crippen LogP contribution < -0.4 is 10.6 Å². The Labute approximate surface area is 140 Å². The fourth-order valence-corrected chi connectivity index (χ4v) is 2.91. The van der Waals surface area contributed by atoms with Crippen molar-refractivity contribution in [2.24, 2.45) is 4.99 Å². The minimum atomic E-state index is -0.217. The summed E-state index contributed by atoms with van der Waals surface area (Å²) in [7, 11) is 1.73. The van der Waals surface area contributed by atoms with Crippen molar-refractivity contribution < 1.29 is 4.39 Å². The van der Waals surface area contributed by atoms with Crippen LogP contribution in [0.2, 0.25) is 0 Å². The quantitative estimate of drug-likeness (QED) is 0.618. The van der Waals surface area contributed by atoms with Crippen LogP contribution in [-0.2, 0) is 6.54 Å². The second-order valence-electron chi connectivity index (χ2n) is 5.49. The molecule has 1 saturated heterocycles. The van der Waals surface area contributed by atoms with Gasteiger partial charge in [-0.2, -0.15) is 0 Å². The molecule has 1 fully saturated rings. The number of likely N-dealkylation sites (tertiary alicyclic amines) is 1. The van der Waals surface area contributed by atoms with Gasteiger partial charge >= 0.3 is 0 Å². The summed E-state index contributed by atoms with van der Waals surface area (Å²) in [6, 6.07) is 5.09. The molecule has 1 aliphatic rings. The lowest BCUT2D eigenvalue weighted by molar-refractivity contribution is 0.232. The Morgan fingerprint density at radius 1 is 1.27 bits per heavy atom. The molecule has 22 heavy (non-hydrogen) atoms. The van der Waals surface area contributed by atoms with E-state index in [4.69, 9.17) is 0 Å². The van der Waals surface area contributed by atoms with Crippen molar-refractivity contribution in [1.29, 1.82) is 0 Å². The third-order valence-corrected chi connectivity index (χ3v) is 4.35. The van der Waals surface area contributed by atoms with E-state index in [1.165, 1.54) is 38.4 Å². The fraction of sp³-hybridized carbons (Fsp3) is 0.562. The summed E-state index contributed by atoms with van der Waals surface area (Å²) >= 11 is 3.26. The third-order valence-electron chi connectivity index (χ3n) is 3.85. The van der Waals surface area contributed by atoms with E-state index in [0.29, 0.717) is 18.1 Å². The van der Waals surface area contributed by atoms with E-state index in [1.54, 1.807) is 13.1 Å². The number of rotatable bonds is 5. The minimum Gasteiger partial charge on any atom is -0.355 e. The van der Waals surface area contributed by atoms with Gasteiger partial charge in [-0.3, -0.25) is 4.99 Å². The SMILES string of the molecule is CN=C(NCCN1CCCCC1)NCc1ccc(Br)cc1F. The van der Waals surface area contributed by atoms with Gasteiger partial charge in [-0.25, -0.2) is 4.39 Å². The first-order valence-corrected chi connectivity index (χ1v) is 8.59. The van der Waals surface area contributed by atoms with Crippen LogP contribution in [0.25, 0.3) is 0 Å². The average molecular weight is 371 g/mol. The molecule has 0 aromatic heterocycles. The highest BCUT2D eigenvalue weighted by Crippen LogP contribution is 2.14. The van der Waals surface area contributed by atoms with Gasteiger partial charge in [-0.1, -0.05) is 28.4 Å². The van der Waals surface area contributed by atoms with Crippen LogP contribution in [0.5, 0.6) is 0 Å². The van der Waals surface area contributed by atoms with E-state index in [0.717, 1.165) is 17.6 Å². The van der Waals surface area contributed by atoms with Gasteiger partial charge in [0, 0.05) is 36.7 Å². The van der Waals surface area contributed by atoms with E-state index >= 15 is 0 Å². The molecule has 1 aromatic carbocycles. The van der Waals surface area contributed by atoms with Gasteiger partial charge in [-0.05, 0) is 38.1 Å². The lowest BCUT2D eigenvalue weighted by Gasteiger charge is -2.26. The van der Waals surface area contributed by atoms with Crippen LogP contribution in [-0.4, -0.2) is 44.1 Å². The molecular formula is C16H24BrFN4. The molecule has 1 heterocycles. The zero-order chi connectivity index (χ0) is 15.8. The Balaban J connectivity index is 1.72. The Morgan fingerprint density at radius 2 is 2.05 bits per heavy atom. The monoisotopic (exact) mass is 370 g/mol. The van der Waals surface area contributed by atoms with Gasteiger partial charge in [-0.15, -0.1) is 0 Å². The molecule has 0 radical (unpaired) electrons. The molecule has 2 rings (SSSR count). The molecule has 0 atom stereocenters. The van der Waals surface area contributed by atoms with E-state index in [2.05, 4.69) is 36.5 Å². The third kappa shape index (κ3) is 5.57. The first-order valence-electron chi connectivity index (χ1n) is 7.80. The maximum absolute atomic E-state index is 13.8. The van der Waals surface area contributed by atoms with Crippen molar-refractivity contribution in [3.8, 4) is 0 Å². The molecule has 2 N–H and O–H groups in total. The normalized spacial score (nSPS) is 16.6. The van der Waals surface area contributed by atoms with E-state index in [-0.39, 0.29) is 5.82 Å². The van der Waals surface area contributed by atoms with Gasteiger partial charge in [0.25, 0.3) is 0 Å². The second kappa shape index (κ2) is 9.10. The highest BCUT2D eigenvalue weighted by Gasteiger charge is 2.09. The lowest BCUT2D eigenvalue weighted by Crippen LogP contribution is -2.42. The van der Waals surface area contributed by atoms with Gasteiger partial charge in [0.05, 0.1) is 0 Å². The molecule has 6 heteroatoms. The number of nitrogens with zero attached hydrogens (tertiary/aromatic N) is 2. The van der Waals surface area contributed by atoms with Crippen molar-refractivity contribution in [2.45, 2.75) is 25.8 Å². The predicted octanol–water partition coefficient (Wildman–Crippen LogP) is 2.74. The summed E-state index contributed by atoms with van der Waals surface area (Å²) in [4.78, 5) is 6.65. The molecule has 1 aromatic rings. The molecule has 0 unspecified atom stereocenters. The van der Waals surface area contributed by atoms with Gasteiger partial charge in [0.2, 0.25) is 0 Å². The molecule has 0 amide bonds. The number of aliphatic imine (C=N–C) groups is 1. The van der Waals surface area contributed by atoms with Crippen LogP contribution in [0.3, 0.4) is 0 Å². The molecule has 0 saturated carbocycles. The maximum Gasteiger partial charge on any atom is 0.191 e. The number of nitrogens with one attached hydrogen (secondary N) is 2. The molecule has 4 nitrogen and oxygen atoms in total. The Bertz CT molecular complexity index is 501. The lowest BCUT2D eigenvalue weighted by atomic mass is 10.1. The predicted molar refractivity (Wildman–Crippen MR) is 92.6 cm³/mol. The van der Waals surface area contributed by atoms with Crippen LogP contribution in [0.15, 0.2) is 27.7 Å². The number of hydrogen-bond acceptors (Lipinski definition) is 2. The summed E-state index contributed by atoms with van der Waals surface area (Å²) in [6.07, 6.45) is 3.96. The largest absolute Gasteiger partial charge is 0.355 e. The smallest absolute Gasteiger partial charge is 0.191 e.